The van der Waals surface area contributed by atoms with Gasteiger partial charge in [-0.3, -0.25) is 0 Å². The Morgan fingerprint density at radius 2 is 1.21 bits per heavy atom. The summed E-state index contributed by atoms with van der Waals surface area (Å²) in [4.78, 5) is 0. The lowest BCUT2D eigenvalue weighted by molar-refractivity contribution is 0.556. The molecule has 0 aliphatic rings. The van der Waals surface area contributed by atoms with E-state index in [9.17, 15) is 0 Å². The molecule has 0 saturated heterocycles. The molecular weight excluding hydrogens is 288 g/mol. The van der Waals surface area contributed by atoms with E-state index in [1.165, 1.54) is 102 Å². The van der Waals surface area contributed by atoms with Crippen molar-refractivity contribution in [1.82, 2.24) is 0 Å². The van der Waals surface area contributed by atoms with Crippen molar-refractivity contribution in [3.63, 3.8) is 0 Å². The maximum Gasteiger partial charge on any atom is -0.0146 e. The van der Waals surface area contributed by atoms with Crippen LogP contribution in [-0.2, 0) is 19.3 Å². The van der Waals surface area contributed by atoms with Crippen molar-refractivity contribution in [2.24, 2.45) is 0 Å². The van der Waals surface area contributed by atoms with E-state index < -0.39 is 0 Å². The first-order valence-electron chi connectivity index (χ1n) is 10.8. The first kappa shape index (κ1) is 21.3. The Hall–Kier alpha value is -0.780. The molecule has 24 heavy (non-hydrogen) atoms. The van der Waals surface area contributed by atoms with Crippen molar-refractivity contribution in [2.45, 2.75) is 117 Å². The van der Waals surface area contributed by atoms with Gasteiger partial charge in [-0.1, -0.05) is 104 Å². The number of aryl methyl sites for hydroxylation is 2. The summed E-state index contributed by atoms with van der Waals surface area (Å²) in [6.45, 7) is 6.88. The van der Waals surface area contributed by atoms with Crippen LogP contribution in [0.3, 0.4) is 0 Å². The van der Waals surface area contributed by atoms with Gasteiger partial charge in [-0.25, -0.2) is 0 Å². The lowest BCUT2D eigenvalue weighted by Gasteiger charge is -2.14. The molecular formula is C24H41. The van der Waals surface area contributed by atoms with Crippen LogP contribution in [0.1, 0.15) is 115 Å². The number of unbranched alkanes of at least 4 members (excludes halogenated alkanes) is 9. The van der Waals surface area contributed by atoms with Crippen LogP contribution in [0.15, 0.2) is 12.1 Å². The summed E-state index contributed by atoms with van der Waals surface area (Å²) in [5, 5.41) is 0. The van der Waals surface area contributed by atoms with Crippen LogP contribution in [0.5, 0.6) is 0 Å². The van der Waals surface area contributed by atoms with Gasteiger partial charge in [-0.2, -0.15) is 0 Å². The Labute approximate surface area is 152 Å². The summed E-state index contributed by atoms with van der Waals surface area (Å²) < 4.78 is 0. The quantitative estimate of drug-likeness (QED) is 0.287. The summed E-state index contributed by atoms with van der Waals surface area (Å²) in [5.74, 6) is 0. The molecule has 0 aliphatic heterocycles. The van der Waals surface area contributed by atoms with Crippen molar-refractivity contribution in [2.75, 3.05) is 0 Å². The highest BCUT2D eigenvalue weighted by Gasteiger charge is 2.07. The van der Waals surface area contributed by atoms with Gasteiger partial charge in [0, 0.05) is 0 Å². The highest BCUT2D eigenvalue weighted by Crippen LogP contribution is 2.21. The molecule has 0 amide bonds. The van der Waals surface area contributed by atoms with Crippen LogP contribution in [0, 0.1) is 6.07 Å². The fourth-order valence-corrected chi connectivity index (χ4v) is 3.70. The minimum absolute atomic E-state index is 1.23. The molecule has 0 fully saturated rings. The second-order valence-corrected chi connectivity index (χ2v) is 7.39. The molecule has 1 aromatic carbocycles. The van der Waals surface area contributed by atoms with Gasteiger partial charge in [0.15, 0.2) is 0 Å². The maximum atomic E-state index is 3.55. The first-order valence-corrected chi connectivity index (χ1v) is 10.8. The minimum Gasteiger partial charge on any atom is -0.0654 e. The molecule has 1 aromatic rings. The molecule has 1 rings (SSSR count). The molecule has 0 atom stereocenters. The Morgan fingerprint density at radius 1 is 0.625 bits per heavy atom. The second-order valence-electron chi connectivity index (χ2n) is 7.39. The number of rotatable bonds is 15. The van der Waals surface area contributed by atoms with Crippen molar-refractivity contribution in [3.05, 3.63) is 34.9 Å². The average molecular weight is 330 g/mol. The fraction of sp³-hybridized carbons (Fsp3) is 0.750. The van der Waals surface area contributed by atoms with E-state index in [0.29, 0.717) is 0 Å². The largest absolute Gasteiger partial charge is 0.0654 e. The molecule has 0 N–H and O–H groups in total. The molecule has 0 aliphatic carbocycles. The van der Waals surface area contributed by atoms with Gasteiger partial charge in [0.2, 0.25) is 0 Å². The van der Waals surface area contributed by atoms with Crippen LogP contribution in [0.2, 0.25) is 0 Å². The molecule has 0 saturated carbocycles. The lowest BCUT2D eigenvalue weighted by Crippen LogP contribution is -2.01. The predicted octanol–water partition coefficient (Wildman–Crippen LogP) is 7.86. The molecule has 0 heteroatoms. The molecule has 0 heterocycles. The zero-order valence-electron chi connectivity index (χ0n) is 16.8. The van der Waals surface area contributed by atoms with Gasteiger partial charge >= 0.3 is 0 Å². The molecule has 0 nitrogen and oxygen atoms in total. The van der Waals surface area contributed by atoms with Gasteiger partial charge < -0.3 is 0 Å². The van der Waals surface area contributed by atoms with Crippen molar-refractivity contribution >= 4 is 0 Å². The molecule has 0 unspecified atom stereocenters. The summed E-state index contributed by atoms with van der Waals surface area (Å²) in [5.41, 5.74) is 4.72. The second kappa shape index (κ2) is 14.6. The van der Waals surface area contributed by atoms with E-state index in [4.69, 9.17) is 0 Å². The van der Waals surface area contributed by atoms with Crippen molar-refractivity contribution in [1.29, 1.82) is 0 Å². The Morgan fingerprint density at radius 3 is 1.79 bits per heavy atom. The predicted molar refractivity (Wildman–Crippen MR) is 109 cm³/mol. The van der Waals surface area contributed by atoms with E-state index in [1.54, 1.807) is 11.1 Å². The number of hydrogen-bond donors (Lipinski definition) is 0. The number of benzene rings is 1. The third-order valence-corrected chi connectivity index (χ3v) is 5.09. The highest BCUT2D eigenvalue weighted by molar-refractivity contribution is 5.35. The summed E-state index contributed by atoms with van der Waals surface area (Å²) in [7, 11) is 0. The van der Waals surface area contributed by atoms with Crippen LogP contribution < -0.4 is 0 Å². The molecule has 0 spiro atoms. The van der Waals surface area contributed by atoms with Gasteiger partial charge in [0.1, 0.15) is 0 Å². The fourth-order valence-electron chi connectivity index (χ4n) is 3.70. The zero-order valence-corrected chi connectivity index (χ0v) is 16.8. The minimum atomic E-state index is 1.23. The molecule has 0 aromatic heterocycles. The molecule has 0 bridgehead atoms. The lowest BCUT2D eigenvalue weighted by atomic mass is 9.91. The van der Waals surface area contributed by atoms with Gasteiger partial charge in [0.05, 0.1) is 0 Å². The van der Waals surface area contributed by atoms with E-state index in [-0.39, 0.29) is 0 Å². The molecule has 137 valence electrons. The van der Waals surface area contributed by atoms with E-state index >= 15 is 0 Å². The van der Waals surface area contributed by atoms with Crippen molar-refractivity contribution in [3.8, 4) is 0 Å². The van der Waals surface area contributed by atoms with Crippen LogP contribution in [-0.4, -0.2) is 0 Å². The third-order valence-electron chi connectivity index (χ3n) is 5.09. The van der Waals surface area contributed by atoms with E-state index in [0.717, 1.165) is 0 Å². The normalized spacial score (nSPS) is 11.1. The SMILES string of the molecule is CCCCCCCCCCCCc1[c]ccc(CCC)c1CCC. The zero-order chi connectivity index (χ0) is 17.5. The summed E-state index contributed by atoms with van der Waals surface area (Å²) in [6.07, 6.45) is 20.4. The average Bonchev–Trinajstić information content (AvgIpc) is 2.59. The van der Waals surface area contributed by atoms with Crippen LogP contribution in [0.25, 0.3) is 0 Å². The third kappa shape index (κ3) is 8.90. The Bertz CT molecular complexity index is 404. The monoisotopic (exact) mass is 329 g/mol. The van der Waals surface area contributed by atoms with Crippen molar-refractivity contribution < 1.29 is 0 Å². The number of hydrogen-bond acceptors (Lipinski definition) is 0. The van der Waals surface area contributed by atoms with Gasteiger partial charge in [0.25, 0.3) is 0 Å². The highest BCUT2D eigenvalue weighted by atomic mass is 14.1. The topological polar surface area (TPSA) is 0 Å². The van der Waals surface area contributed by atoms with E-state index in [1.807, 2.05) is 0 Å². The van der Waals surface area contributed by atoms with Gasteiger partial charge in [-0.05, 0) is 48.4 Å². The van der Waals surface area contributed by atoms with Gasteiger partial charge in [-0.15, -0.1) is 0 Å². The maximum absolute atomic E-state index is 3.55. The smallest absolute Gasteiger partial charge is 0.0146 e. The Balaban J connectivity index is 2.23. The molecule has 1 radical (unpaired) electrons. The standard InChI is InChI=1S/C24H41/c1-4-7-8-9-10-11-12-13-14-15-19-23-21-16-20-22(17-5-2)24(23)18-6-3/h16,20H,4-15,17-19H2,1-3H3. The Kier molecular flexibility index (Phi) is 12.9. The summed E-state index contributed by atoms with van der Waals surface area (Å²) in [6, 6.07) is 8.02. The summed E-state index contributed by atoms with van der Waals surface area (Å²) >= 11 is 0. The van der Waals surface area contributed by atoms with E-state index in [2.05, 4.69) is 39.0 Å². The van der Waals surface area contributed by atoms with Crippen LogP contribution in [0.4, 0.5) is 0 Å². The van der Waals surface area contributed by atoms with Crippen LogP contribution >= 0.6 is 0 Å². The first-order chi connectivity index (χ1) is 11.8.